The number of nitrogens with zero attached hydrogens (tertiary/aromatic N) is 3. The molecule has 3 rings (SSSR count). The van der Waals surface area contributed by atoms with Gasteiger partial charge in [0.15, 0.2) is 0 Å². The fourth-order valence-corrected chi connectivity index (χ4v) is 2.77. The number of nitrogens with two attached hydrogens (primary N) is 1. The second-order valence-electron chi connectivity index (χ2n) is 4.53. The summed E-state index contributed by atoms with van der Waals surface area (Å²) in [5.74, 6) is 2.09. The van der Waals surface area contributed by atoms with Crippen molar-refractivity contribution in [1.29, 1.82) is 0 Å². The molecule has 0 atom stereocenters. The maximum absolute atomic E-state index is 5.91. The normalized spacial score (nSPS) is 14.7. The molecular formula is C12H15N5S. The van der Waals surface area contributed by atoms with E-state index in [1.54, 1.807) is 6.20 Å². The van der Waals surface area contributed by atoms with E-state index in [1.165, 1.54) is 29.9 Å². The molecule has 2 aromatic heterocycles. The molecule has 6 heteroatoms. The van der Waals surface area contributed by atoms with Crippen molar-refractivity contribution in [3.63, 3.8) is 0 Å². The van der Waals surface area contributed by atoms with E-state index in [0.717, 1.165) is 16.5 Å². The molecule has 0 spiro atoms. The van der Waals surface area contributed by atoms with Gasteiger partial charge in [-0.25, -0.2) is 9.97 Å². The van der Waals surface area contributed by atoms with Gasteiger partial charge in [-0.3, -0.25) is 0 Å². The summed E-state index contributed by atoms with van der Waals surface area (Å²) >= 11 is 1.44. The first-order valence-corrected chi connectivity index (χ1v) is 6.79. The molecule has 3 N–H and O–H groups in total. The standard InChI is InChI=1S/C12H15N5S/c1-7-14-5-4-9(16-7)6-15-12-10(8-2-3-8)11(13)17-18-12/h4-5,8,15H,2-3,6H2,1H3,(H2,13,17). The van der Waals surface area contributed by atoms with E-state index >= 15 is 0 Å². The Kier molecular flexibility index (Phi) is 2.87. The molecule has 0 amide bonds. The number of hydrogen-bond acceptors (Lipinski definition) is 6. The van der Waals surface area contributed by atoms with Crippen molar-refractivity contribution in [2.75, 3.05) is 11.1 Å². The van der Waals surface area contributed by atoms with Crippen LogP contribution in [0.4, 0.5) is 10.8 Å². The van der Waals surface area contributed by atoms with Crippen LogP contribution in [0.15, 0.2) is 12.3 Å². The summed E-state index contributed by atoms with van der Waals surface area (Å²) in [6.07, 6.45) is 4.23. The van der Waals surface area contributed by atoms with E-state index in [-0.39, 0.29) is 0 Å². The smallest absolute Gasteiger partial charge is 0.142 e. The number of nitrogen functional groups attached to an aromatic ring is 1. The monoisotopic (exact) mass is 261 g/mol. The fourth-order valence-electron chi connectivity index (χ4n) is 1.98. The number of anilines is 2. The van der Waals surface area contributed by atoms with Crippen molar-refractivity contribution in [2.24, 2.45) is 0 Å². The van der Waals surface area contributed by atoms with Crippen LogP contribution in [0.2, 0.25) is 0 Å². The number of nitrogens with one attached hydrogen (secondary N) is 1. The Labute approximate surface area is 110 Å². The predicted octanol–water partition coefficient (Wildman–Crippen LogP) is 2.31. The molecule has 1 aliphatic rings. The predicted molar refractivity (Wildman–Crippen MR) is 72.6 cm³/mol. The first kappa shape index (κ1) is 11.4. The lowest BCUT2D eigenvalue weighted by molar-refractivity contribution is 0.955. The molecule has 0 saturated heterocycles. The van der Waals surface area contributed by atoms with Crippen molar-refractivity contribution in [3.05, 3.63) is 29.3 Å². The molecule has 0 radical (unpaired) electrons. The summed E-state index contributed by atoms with van der Waals surface area (Å²) in [6.45, 7) is 2.58. The Morgan fingerprint density at radius 1 is 1.50 bits per heavy atom. The number of rotatable bonds is 4. The van der Waals surface area contributed by atoms with Crippen LogP contribution in [0, 0.1) is 6.92 Å². The van der Waals surface area contributed by atoms with Gasteiger partial charge < -0.3 is 11.1 Å². The lowest BCUT2D eigenvalue weighted by atomic mass is 10.2. The zero-order valence-corrected chi connectivity index (χ0v) is 11.0. The number of aryl methyl sites for hydroxylation is 1. The van der Waals surface area contributed by atoms with Crippen LogP contribution >= 0.6 is 11.5 Å². The molecule has 1 saturated carbocycles. The van der Waals surface area contributed by atoms with Gasteiger partial charge in [-0.2, -0.15) is 4.37 Å². The van der Waals surface area contributed by atoms with E-state index in [1.807, 2.05) is 13.0 Å². The van der Waals surface area contributed by atoms with E-state index in [0.29, 0.717) is 18.3 Å². The van der Waals surface area contributed by atoms with Gasteiger partial charge in [0.1, 0.15) is 16.6 Å². The van der Waals surface area contributed by atoms with E-state index < -0.39 is 0 Å². The Bertz CT molecular complexity index is 561. The van der Waals surface area contributed by atoms with Crippen molar-refractivity contribution in [1.82, 2.24) is 14.3 Å². The minimum Gasteiger partial charge on any atom is -0.383 e. The van der Waals surface area contributed by atoms with Crippen LogP contribution in [0.5, 0.6) is 0 Å². The van der Waals surface area contributed by atoms with Crippen LogP contribution in [0.25, 0.3) is 0 Å². The lowest BCUT2D eigenvalue weighted by Gasteiger charge is -2.06. The third-order valence-electron chi connectivity index (χ3n) is 3.01. The molecule has 1 aliphatic carbocycles. The van der Waals surface area contributed by atoms with Gasteiger partial charge in [0.2, 0.25) is 0 Å². The summed E-state index contributed by atoms with van der Waals surface area (Å²) < 4.78 is 4.23. The minimum absolute atomic E-state index is 0.610. The summed E-state index contributed by atoms with van der Waals surface area (Å²) in [4.78, 5) is 8.45. The van der Waals surface area contributed by atoms with Gasteiger partial charge >= 0.3 is 0 Å². The Morgan fingerprint density at radius 2 is 2.33 bits per heavy atom. The molecule has 0 aliphatic heterocycles. The third-order valence-corrected chi connectivity index (χ3v) is 3.84. The average molecular weight is 261 g/mol. The summed E-state index contributed by atoms with van der Waals surface area (Å²) in [6, 6.07) is 1.92. The highest BCUT2D eigenvalue weighted by Crippen LogP contribution is 2.47. The van der Waals surface area contributed by atoms with Crippen LogP contribution in [-0.2, 0) is 6.54 Å². The molecule has 2 aromatic rings. The minimum atomic E-state index is 0.610. The van der Waals surface area contributed by atoms with Gasteiger partial charge in [-0.05, 0) is 43.3 Å². The molecule has 5 nitrogen and oxygen atoms in total. The highest BCUT2D eigenvalue weighted by atomic mass is 32.1. The summed E-state index contributed by atoms with van der Waals surface area (Å²) in [7, 11) is 0. The topological polar surface area (TPSA) is 76.7 Å². The quantitative estimate of drug-likeness (QED) is 0.883. The van der Waals surface area contributed by atoms with Crippen LogP contribution in [0.3, 0.4) is 0 Å². The van der Waals surface area contributed by atoms with Crippen molar-refractivity contribution in [3.8, 4) is 0 Å². The molecular weight excluding hydrogens is 246 g/mol. The molecule has 0 bridgehead atoms. The van der Waals surface area contributed by atoms with Gasteiger partial charge in [-0.15, -0.1) is 0 Å². The fraction of sp³-hybridized carbons (Fsp3) is 0.417. The van der Waals surface area contributed by atoms with Crippen molar-refractivity contribution < 1.29 is 0 Å². The molecule has 0 unspecified atom stereocenters. The van der Waals surface area contributed by atoms with E-state index in [2.05, 4.69) is 19.7 Å². The molecule has 2 heterocycles. The second kappa shape index (κ2) is 4.53. The average Bonchev–Trinajstić information content (AvgIpc) is 3.11. The largest absolute Gasteiger partial charge is 0.383 e. The van der Waals surface area contributed by atoms with E-state index in [9.17, 15) is 0 Å². The first-order chi connectivity index (χ1) is 8.74. The van der Waals surface area contributed by atoms with Gasteiger partial charge in [-0.1, -0.05) is 0 Å². The third kappa shape index (κ3) is 2.28. The molecule has 0 aromatic carbocycles. The first-order valence-electron chi connectivity index (χ1n) is 6.01. The SMILES string of the molecule is Cc1nccc(CNc2snc(N)c2C2CC2)n1. The Balaban J connectivity index is 1.73. The Morgan fingerprint density at radius 3 is 3.06 bits per heavy atom. The van der Waals surface area contributed by atoms with Crippen LogP contribution < -0.4 is 11.1 Å². The van der Waals surface area contributed by atoms with Gasteiger partial charge in [0.05, 0.1) is 12.2 Å². The maximum atomic E-state index is 5.91. The highest BCUT2D eigenvalue weighted by Gasteiger charge is 2.30. The highest BCUT2D eigenvalue weighted by molar-refractivity contribution is 7.10. The zero-order chi connectivity index (χ0) is 12.5. The van der Waals surface area contributed by atoms with Gasteiger partial charge in [0.25, 0.3) is 0 Å². The molecule has 18 heavy (non-hydrogen) atoms. The van der Waals surface area contributed by atoms with Gasteiger partial charge in [0, 0.05) is 11.8 Å². The van der Waals surface area contributed by atoms with E-state index in [4.69, 9.17) is 5.73 Å². The zero-order valence-electron chi connectivity index (χ0n) is 10.2. The van der Waals surface area contributed by atoms with Crippen LogP contribution in [0.1, 0.15) is 35.8 Å². The second-order valence-corrected chi connectivity index (χ2v) is 5.31. The summed E-state index contributed by atoms with van der Waals surface area (Å²) in [5.41, 5.74) is 8.09. The molecule has 1 fully saturated rings. The Hall–Kier alpha value is -1.69. The van der Waals surface area contributed by atoms with Crippen molar-refractivity contribution in [2.45, 2.75) is 32.2 Å². The maximum Gasteiger partial charge on any atom is 0.142 e. The number of aromatic nitrogens is 3. The van der Waals surface area contributed by atoms with Crippen LogP contribution in [-0.4, -0.2) is 14.3 Å². The molecule has 94 valence electrons. The lowest BCUT2D eigenvalue weighted by Crippen LogP contribution is -2.03. The van der Waals surface area contributed by atoms with Crippen molar-refractivity contribution >= 4 is 22.4 Å². The number of hydrogen-bond donors (Lipinski definition) is 2. The summed E-state index contributed by atoms with van der Waals surface area (Å²) in [5, 5.41) is 4.47.